The van der Waals surface area contributed by atoms with Gasteiger partial charge in [0, 0.05) is 12.6 Å². The lowest BCUT2D eigenvalue weighted by atomic mass is 10.2. The number of carboxylic acid groups (broad SMARTS) is 1. The van der Waals surface area contributed by atoms with E-state index in [9.17, 15) is 4.79 Å². The summed E-state index contributed by atoms with van der Waals surface area (Å²) in [6.45, 7) is 2.13. The molecule has 9 nitrogen and oxygen atoms in total. The summed E-state index contributed by atoms with van der Waals surface area (Å²) in [4.78, 5) is 10.6. The molecular formula is C9H12N6O3. The zero-order valence-electron chi connectivity index (χ0n) is 9.65. The third-order valence-corrected chi connectivity index (χ3v) is 2.39. The van der Waals surface area contributed by atoms with E-state index in [-0.39, 0.29) is 6.42 Å². The van der Waals surface area contributed by atoms with E-state index in [1.807, 2.05) is 0 Å². The molecule has 3 N–H and O–H groups in total. The van der Waals surface area contributed by atoms with Gasteiger partial charge >= 0.3 is 5.97 Å². The molecule has 0 amide bonds. The van der Waals surface area contributed by atoms with Gasteiger partial charge in [0.2, 0.25) is 0 Å². The molecule has 2 heterocycles. The second kappa shape index (κ2) is 4.92. The minimum absolute atomic E-state index is 0.130. The van der Waals surface area contributed by atoms with Gasteiger partial charge in [0.1, 0.15) is 17.4 Å². The third kappa shape index (κ3) is 2.69. The molecule has 0 radical (unpaired) electrons. The quantitative estimate of drug-likeness (QED) is 0.690. The van der Waals surface area contributed by atoms with Crippen LogP contribution in [0.3, 0.4) is 0 Å². The van der Waals surface area contributed by atoms with Crippen molar-refractivity contribution in [1.29, 1.82) is 0 Å². The highest BCUT2D eigenvalue weighted by molar-refractivity contribution is 5.73. The minimum atomic E-state index is -1.07. The first-order valence-electron chi connectivity index (χ1n) is 5.21. The second-order valence-corrected chi connectivity index (χ2v) is 3.85. The number of rotatable bonds is 5. The zero-order chi connectivity index (χ0) is 13.1. The first-order valence-corrected chi connectivity index (χ1v) is 5.21. The number of aryl methyl sites for hydroxylation is 1. The summed E-state index contributed by atoms with van der Waals surface area (Å²) >= 11 is 0. The van der Waals surface area contributed by atoms with Gasteiger partial charge in [-0.25, -0.2) is 9.31 Å². The molecule has 0 fully saturated rings. The number of nitrogens with zero attached hydrogens (tertiary/aromatic N) is 5. The van der Waals surface area contributed by atoms with Crippen molar-refractivity contribution >= 4 is 5.97 Å². The van der Waals surface area contributed by atoms with Crippen molar-refractivity contribution in [3.63, 3.8) is 0 Å². The summed E-state index contributed by atoms with van der Waals surface area (Å²) in [5.74, 6) is -1.07. The molecule has 18 heavy (non-hydrogen) atoms. The van der Waals surface area contributed by atoms with E-state index in [1.54, 1.807) is 13.1 Å². The molecule has 96 valence electrons. The normalized spacial score (nSPS) is 12.6. The van der Waals surface area contributed by atoms with E-state index >= 15 is 0 Å². The molecule has 1 unspecified atom stereocenters. The van der Waals surface area contributed by atoms with Crippen molar-refractivity contribution in [3.8, 4) is 0 Å². The first-order chi connectivity index (χ1) is 8.56. The maximum Gasteiger partial charge on any atom is 0.320 e. The van der Waals surface area contributed by atoms with E-state index in [0.717, 1.165) is 0 Å². The van der Waals surface area contributed by atoms with Crippen molar-refractivity contribution in [2.75, 3.05) is 0 Å². The number of hydrogen-bond donors (Lipinski definition) is 2. The molecular weight excluding hydrogens is 240 g/mol. The fourth-order valence-corrected chi connectivity index (χ4v) is 1.37. The standard InChI is InChI=1S/C9H12N6O3/c1-5-8(13-18-12-5)4-15-3-6(11-14-15)2-7(10)9(16)17/h3,7H,2,4,10H2,1H3,(H,16,17). The van der Waals surface area contributed by atoms with Crippen LogP contribution in [0.25, 0.3) is 0 Å². The minimum Gasteiger partial charge on any atom is -0.480 e. The molecule has 0 aromatic carbocycles. The summed E-state index contributed by atoms with van der Waals surface area (Å²) in [6.07, 6.45) is 1.75. The van der Waals surface area contributed by atoms with Gasteiger partial charge in [0.25, 0.3) is 0 Å². The first kappa shape index (κ1) is 12.2. The SMILES string of the molecule is Cc1nonc1Cn1cc(CC(N)C(=O)O)nn1. The fraction of sp³-hybridized carbons (Fsp3) is 0.444. The molecule has 0 bridgehead atoms. The van der Waals surface area contributed by atoms with Crippen molar-refractivity contribution < 1.29 is 14.5 Å². The Hall–Kier alpha value is -2.29. The predicted molar refractivity (Wildman–Crippen MR) is 57.5 cm³/mol. The lowest BCUT2D eigenvalue weighted by molar-refractivity contribution is -0.138. The van der Waals surface area contributed by atoms with Gasteiger partial charge in [-0.05, 0) is 6.92 Å². The Morgan fingerprint density at radius 2 is 2.39 bits per heavy atom. The van der Waals surface area contributed by atoms with Crippen LogP contribution in [-0.4, -0.2) is 42.4 Å². The molecule has 0 saturated carbocycles. The Kier molecular flexibility index (Phi) is 3.33. The molecule has 0 aliphatic heterocycles. The average Bonchev–Trinajstić information content (AvgIpc) is 2.90. The summed E-state index contributed by atoms with van der Waals surface area (Å²) < 4.78 is 6.09. The van der Waals surface area contributed by atoms with Crippen LogP contribution in [0, 0.1) is 6.92 Å². The number of aromatic nitrogens is 5. The van der Waals surface area contributed by atoms with Crippen LogP contribution in [0.4, 0.5) is 0 Å². The van der Waals surface area contributed by atoms with Gasteiger partial charge in [0.15, 0.2) is 0 Å². The Morgan fingerprint density at radius 1 is 1.61 bits per heavy atom. The predicted octanol–water partition coefficient (Wildman–Crippen LogP) is -1.03. The van der Waals surface area contributed by atoms with Crippen molar-refractivity contribution in [2.24, 2.45) is 5.73 Å². The van der Waals surface area contributed by atoms with Crippen LogP contribution in [0.1, 0.15) is 17.1 Å². The molecule has 0 aliphatic rings. The molecule has 1 atom stereocenters. The molecule has 0 spiro atoms. The molecule has 0 aliphatic carbocycles. The Bertz CT molecular complexity index is 548. The van der Waals surface area contributed by atoms with Crippen LogP contribution in [-0.2, 0) is 17.8 Å². The number of hydrogen-bond acceptors (Lipinski definition) is 7. The van der Waals surface area contributed by atoms with Crippen LogP contribution in [0.5, 0.6) is 0 Å². The third-order valence-electron chi connectivity index (χ3n) is 2.39. The molecule has 2 rings (SSSR count). The highest BCUT2D eigenvalue weighted by Crippen LogP contribution is 2.04. The van der Waals surface area contributed by atoms with E-state index < -0.39 is 12.0 Å². The number of carboxylic acids is 1. The van der Waals surface area contributed by atoms with Gasteiger partial charge in [-0.15, -0.1) is 5.10 Å². The van der Waals surface area contributed by atoms with Crippen LogP contribution in [0.15, 0.2) is 10.8 Å². The van der Waals surface area contributed by atoms with E-state index in [1.165, 1.54) is 4.68 Å². The lowest BCUT2D eigenvalue weighted by Gasteiger charge is -2.01. The summed E-state index contributed by atoms with van der Waals surface area (Å²) in [5, 5.41) is 23.7. The molecule has 9 heteroatoms. The highest BCUT2D eigenvalue weighted by atomic mass is 16.6. The maximum atomic E-state index is 10.6. The van der Waals surface area contributed by atoms with Crippen LogP contribution in [0.2, 0.25) is 0 Å². The summed E-state index contributed by atoms with van der Waals surface area (Å²) in [6, 6.07) is -0.981. The van der Waals surface area contributed by atoms with Crippen molar-refractivity contribution in [2.45, 2.75) is 25.9 Å². The van der Waals surface area contributed by atoms with E-state index in [0.29, 0.717) is 23.6 Å². The molecule has 2 aromatic heterocycles. The summed E-state index contributed by atoms with van der Waals surface area (Å²) in [7, 11) is 0. The maximum absolute atomic E-state index is 10.6. The lowest BCUT2D eigenvalue weighted by Crippen LogP contribution is -2.32. The number of aliphatic carboxylic acids is 1. The Balaban J connectivity index is 2.02. The van der Waals surface area contributed by atoms with Crippen molar-refractivity contribution in [3.05, 3.63) is 23.3 Å². The van der Waals surface area contributed by atoms with E-state index in [2.05, 4.69) is 25.3 Å². The number of carbonyl (C=O) groups is 1. The zero-order valence-corrected chi connectivity index (χ0v) is 9.65. The van der Waals surface area contributed by atoms with Gasteiger partial charge in [-0.1, -0.05) is 15.5 Å². The number of nitrogens with two attached hydrogens (primary N) is 1. The fourth-order valence-electron chi connectivity index (χ4n) is 1.37. The second-order valence-electron chi connectivity index (χ2n) is 3.85. The van der Waals surface area contributed by atoms with Crippen LogP contribution < -0.4 is 5.73 Å². The van der Waals surface area contributed by atoms with Gasteiger partial charge in [-0.2, -0.15) is 0 Å². The van der Waals surface area contributed by atoms with Gasteiger partial charge in [0.05, 0.1) is 12.2 Å². The average molecular weight is 252 g/mol. The van der Waals surface area contributed by atoms with Gasteiger partial charge in [-0.3, -0.25) is 4.79 Å². The van der Waals surface area contributed by atoms with Crippen LogP contribution >= 0.6 is 0 Å². The topological polar surface area (TPSA) is 133 Å². The smallest absolute Gasteiger partial charge is 0.320 e. The monoisotopic (exact) mass is 252 g/mol. The molecule has 2 aromatic rings. The van der Waals surface area contributed by atoms with E-state index in [4.69, 9.17) is 10.8 Å². The molecule has 0 saturated heterocycles. The van der Waals surface area contributed by atoms with Gasteiger partial charge < -0.3 is 10.8 Å². The Labute approximate surface area is 102 Å². The highest BCUT2D eigenvalue weighted by Gasteiger charge is 2.15. The largest absolute Gasteiger partial charge is 0.480 e. The van der Waals surface area contributed by atoms with Crippen molar-refractivity contribution in [1.82, 2.24) is 25.3 Å². The Morgan fingerprint density at radius 3 is 3.00 bits per heavy atom. The summed E-state index contributed by atoms with van der Waals surface area (Å²) in [5.41, 5.74) is 7.24.